The lowest BCUT2D eigenvalue weighted by Gasteiger charge is -1.94. The highest BCUT2D eigenvalue weighted by atomic mass is 35.5. The third-order valence-corrected chi connectivity index (χ3v) is 2.86. The van der Waals surface area contributed by atoms with Gasteiger partial charge in [0.05, 0.1) is 4.92 Å². The van der Waals surface area contributed by atoms with E-state index >= 15 is 0 Å². The topological polar surface area (TPSA) is 141 Å². The number of aliphatic hydroxyl groups is 1. The van der Waals surface area contributed by atoms with E-state index in [1.807, 2.05) is 0 Å². The Kier molecular flexibility index (Phi) is 10.4. The molecule has 0 saturated carbocycles. The van der Waals surface area contributed by atoms with Crippen LogP contribution in [0.25, 0.3) is 0 Å². The van der Waals surface area contributed by atoms with Crippen LogP contribution in [0.4, 0.5) is 11.4 Å². The van der Waals surface area contributed by atoms with E-state index < -0.39 is 10.6 Å². The quantitative estimate of drug-likeness (QED) is 0.420. The van der Waals surface area contributed by atoms with Gasteiger partial charge in [-0.05, 0) is 6.92 Å². The summed E-state index contributed by atoms with van der Waals surface area (Å²) in [6, 6.07) is 0. The lowest BCUT2D eigenvalue weighted by Crippen LogP contribution is -1.93. The van der Waals surface area contributed by atoms with Crippen molar-refractivity contribution in [2.75, 3.05) is 12.3 Å². The highest BCUT2D eigenvalue weighted by Crippen LogP contribution is 2.27. The number of rotatable bonds is 1. The van der Waals surface area contributed by atoms with Crippen molar-refractivity contribution in [3.63, 3.8) is 0 Å². The molecule has 0 amide bonds. The molecule has 0 aliphatic heterocycles. The van der Waals surface area contributed by atoms with Crippen molar-refractivity contribution in [3.05, 3.63) is 43.4 Å². The molecule has 2 aromatic rings. The molecule has 9 nitrogen and oxygen atoms in total. The summed E-state index contributed by atoms with van der Waals surface area (Å²) in [4.78, 5) is 23.4. The van der Waals surface area contributed by atoms with Crippen LogP contribution in [-0.4, -0.2) is 36.6 Å². The number of nitrogens with zero attached hydrogens (tertiary/aromatic N) is 5. The second-order valence-electron chi connectivity index (χ2n) is 3.25. The Morgan fingerprint density at radius 2 is 1.35 bits per heavy atom. The van der Waals surface area contributed by atoms with Crippen molar-refractivity contribution in [2.45, 2.75) is 6.92 Å². The molecule has 0 saturated heterocycles. The SMILES string of the molecule is CCO.Nc1c(Cl)ncnc1Cl.O=[N+]([O-])c1c(Cl)ncnc1Cl. The van der Waals surface area contributed by atoms with Gasteiger partial charge in [-0.15, -0.1) is 0 Å². The summed E-state index contributed by atoms with van der Waals surface area (Å²) < 4.78 is 0. The van der Waals surface area contributed by atoms with E-state index in [2.05, 4.69) is 19.9 Å². The molecule has 0 atom stereocenters. The molecule has 0 spiro atoms. The Morgan fingerprint density at radius 3 is 1.57 bits per heavy atom. The summed E-state index contributed by atoms with van der Waals surface area (Å²) in [6.45, 7) is 1.93. The minimum atomic E-state index is -0.731. The van der Waals surface area contributed by atoms with E-state index in [0.717, 1.165) is 6.33 Å². The summed E-state index contributed by atoms with van der Waals surface area (Å²) in [6.07, 6.45) is 2.30. The first kappa shape index (κ1) is 21.5. The zero-order valence-electron chi connectivity index (χ0n) is 11.5. The van der Waals surface area contributed by atoms with Crippen molar-refractivity contribution >= 4 is 57.8 Å². The van der Waals surface area contributed by atoms with E-state index in [9.17, 15) is 10.1 Å². The summed E-state index contributed by atoms with van der Waals surface area (Å²) >= 11 is 21.6. The maximum absolute atomic E-state index is 10.2. The molecule has 0 aromatic carbocycles. The van der Waals surface area contributed by atoms with E-state index in [1.54, 1.807) is 6.92 Å². The molecule has 0 radical (unpaired) electrons. The maximum atomic E-state index is 10.2. The minimum absolute atomic E-state index is 0.190. The van der Waals surface area contributed by atoms with Crippen LogP contribution >= 0.6 is 46.4 Å². The van der Waals surface area contributed by atoms with Crippen LogP contribution in [0.2, 0.25) is 20.6 Å². The molecule has 0 bridgehead atoms. The van der Waals surface area contributed by atoms with Gasteiger partial charge in [0.2, 0.25) is 10.3 Å². The molecule has 0 unspecified atom stereocenters. The molecule has 0 fully saturated rings. The number of hydrogen-bond donors (Lipinski definition) is 2. The maximum Gasteiger partial charge on any atom is 0.343 e. The Morgan fingerprint density at radius 1 is 1.04 bits per heavy atom. The van der Waals surface area contributed by atoms with Crippen molar-refractivity contribution in [1.29, 1.82) is 0 Å². The minimum Gasteiger partial charge on any atom is -0.397 e. The Balaban J connectivity index is 0.000000365. The largest absolute Gasteiger partial charge is 0.397 e. The third-order valence-electron chi connectivity index (χ3n) is 1.70. The van der Waals surface area contributed by atoms with Gasteiger partial charge in [-0.2, -0.15) is 0 Å². The first-order valence-electron chi connectivity index (χ1n) is 5.58. The molecule has 13 heteroatoms. The number of anilines is 1. The summed E-state index contributed by atoms with van der Waals surface area (Å²) in [5.74, 6) is 0. The smallest absolute Gasteiger partial charge is 0.343 e. The Labute approximate surface area is 150 Å². The third kappa shape index (κ3) is 7.53. The predicted octanol–water partition coefficient (Wildman–Crippen LogP) is 3.06. The van der Waals surface area contributed by atoms with E-state index in [1.165, 1.54) is 6.33 Å². The van der Waals surface area contributed by atoms with Crippen molar-refractivity contribution < 1.29 is 10.0 Å². The van der Waals surface area contributed by atoms with Crippen molar-refractivity contribution in [1.82, 2.24) is 19.9 Å². The molecule has 126 valence electrons. The van der Waals surface area contributed by atoms with Crippen LogP contribution in [-0.2, 0) is 0 Å². The highest BCUT2D eigenvalue weighted by Gasteiger charge is 2.19. The van der Waals surface area contributed by atoms with E-state index in [4.69, 9.17) is 57.2 Å². The van der Waals surface area contributed by atoms with Crippen LogP contribution in [0.5, 0.6) is 0 Å². The zero-order chi connectivity index (χ0) is 18.0. The second-order valence-corrected chi connectivity index (χ2v) is 4.68. The Hall–Kier alpha value is -1.52. The average Bonchev–Trinajstić information content (AvgIpc) is 2.45. The van der Waals surface area contributed by atoms with Crippen LogP contribution in [0, 0.1) is 10.1 Å². The van der Waals surface area contributed by atoms with Gasteiger partial charge in [0.25, 0.3) is 0 Å². The van der Waals surface area contributed by atoms with Crippen molar-refractivity contribution in [2.24, 2.45) is 0 Å². The van der Waals surface area contributed by atoms with Crippen LogP contribution in [0.15, 0.2) is 12.7 Å². The molecule has 2 rings (SSSR count). The van der Waals surface area contributed by atoms with Gasteiger partial charge in [-0.3, -0.25) is 10.1 Å². The van der Waals surface area contributed by atoms with Gasteiger partial charge in [0.1, 0.15) is 18.3 Å². The first-order chi connectivity index (χ1) is 10.8. The molecule has 0 aliphatic rings. The standard InChI is InChI=1S/C4HCl2N3O2.C4H3Cl2N3.C2H6O/c5-3-2(9(10)11)4(6)8-1-7-3;5-3-2(7)4(6)9-1-8-3;1-2-3/h1H;1H,7H2;3H,2H2,1H3. The molecule has 2 aromatic heterocycles. The van der Waals surface area contributed by atoms with Crippen LogP contribution in [0.3, 0.4) is 0 Å². The highest BCUT2D eigenvalue weighted by molar-refractivity contribution is 6.37. The molecule has 2 heterocycles. The summed E-state index contributed by atoms with van der Waals surface area (Å²) in [5, 5.41) is 17.6. The summed E-state index contributed by atoms with van der Waals surface area (Å²) in [7, 11) is 0. The fourth-order valence-corrected chi connectivity index (χ4v) is 1.61. The monoisotopic (exact) mass is 402 g/mol. The zero-order valence-corrected chi connectivity index (χ0v) is 14.5. The van der Waals surface area contributed by atoms with E-state index in [0.29, 0.717) is 0 Å². The fraction of sp³-hybridized carbons (Fsp3) is 0.200. The average molecular weight is 404 g/mol. The molecule has 3 N–H and O–H groups in total. The van der Waals surface area contributed by atoms with Gasteiger partial charge < -0.3 is 10.8 Å². The van der Waals surface area contributed by atoms with Gasteiger partial charge in [-0.25, -0.2) is 19.9 Å². The van der Waals surface area contributed by atoms with Crippen molar-refractivity contribution in [3.8, 4) is 0 Å². The molecule has 0 aliphatic carbocycles. The number of aromatic nitrogens is 4. The van der Waals surface area contributed by atoms with Gasteiger partial charge in [0, 0.05) is 6.61 Å². The van der Waals surface area contributed by atoms with Crippen LogP contribution < -0.4 is 5.73 Å². The lowest BCUT2D eigenvalue weighted by molar-refractivity contribution is -0.385. The molecular formula is C10H10Cl4N6O3. The first-order valence-corrected chi connectivity index (χ1v) is 7.10. The van der Waals surface area contributed by atoms with Gasteiger partial charge in [0.15, 0.2) is 10.3 Å². The lowest BCUT2D eigenvalue weighted by atomic mass is 10.5. The number of halogens is 4. The van der Waals surface area contributed by atoms with Gasteiger partial charge >= 0.3 is 5.69 Å². The Bertz CT molecular complexity index is 620. The van der Waals surface area contributed by atoms with Crippen LogP contribution in [0.1, 0.15) is 6.92 Å². The number of nitrogens with two attached hydrogens (primary N) is 1. The van der Waals surface area contributed by atoms with Gasteiger partial charge in [-0.1, -0.05) is 46.4 Å². The molecule has 23 heavy (non-hydrogen) atoms. The number of nitro groups is 1. The fourth-order valence-electron chi connectivity index (χ4n) is 0.843. The van der Waals surface area contributed by atoms with E-state index in [-0.39, 0.29) is 32.9 Å². The number of aliphatic hydroxyl groups excluding tert-OH is 1. The molecular weight excluding hydrogens is 394 g/mol. The number of nitrogen functional groups attached to an aromatic ring is 1. The predicted molar refractivity (Wildman–Crippen MR) is 87.9 cm³/mol. The number of hydrogen-bond acceptors (Lipinski definition) is 8. The normalized spacial score (nSPS) is 9.13. The second kappa shape index (κ2) is 11.1. The summed E-state index contributed by atoms with van der Waals surface area (Å²) in [5.41, 5.74) is 5.05.